The third-order valence-corrected chi connectivity index (χ3v) is 3.76. The van der Waals surface area contributed by atoms with Crippen molar-refractivity contribution in [1.29, 1.82) is 0 Å². The highest BCUT2D eigenvalue weighted by Crippen LogP contribution is 2.23. The molecule has 1 unspecified atom stereocenters. The van der Waals surface area contributed by atoms with Gasteiger partial charge in [0.05, 0.1) is 5.56 Å². The lowest BCUT2D eigenvalue weighted by Crippen LogP contribution is -2.11. The molecule has 5 nitrogen and oxygen atoms in total. The maximum atomic E-state index is 11.9. The Balaban J connectivity index is 2.13. The molecule has 1 aromatic heterocycles. The standard InChI is InChI=1S/C12H10N2O3S2/c1-7(19-17)9-6-18-12(13-9)14-11(16)8-4-2-3-5-10(8)15/h2-7H,1H3,(H-,13,14,15,16)/p+1. The van der Waals surface area contributed by atoms with Gasteiger partial charge in [0.1, 0.15) is 11.4 Å². The number of anilines is 1. The van der Waals surface area contributed by atoms with Crippen LogP contribution >= 0.6 is 11.3 Å². The predicted octanol–water partition coefficient (Wildman–Crippen LogP) is 2.59. The number of carbonyl (C=O) groups is 1. The molecule has 0 saturated carbocycles. The van der Waals surface area contributed by atoms with Crippen molar-refractivity contribution in [3.05, 3.63) is 40.9 Å². The number of thiazole rings is 1. The number of carbonyl (C=O) groups excluding carboxylic acids is 1. The van der Waals surface area contributed by atoms with Gasteiger partial charge >= 0.3 is 11.7 Å². The number of nitrogens with one attached hydrogen (secondary N) is 1. The van der Waals surface area contributed by atoms with Crippen LogP contribution in [-0.2, 0) is 15.9 Å². The Hall–Kier alpha value is -1.86. The first-order valence-corrected chi connectivity index (χ1v) is 7.13. The highest BCUT2D eigenvalue weighted by Gasteiger charge is 2.21. The van der Waals surface area contributed by atoms with Gasteiger partial charge in [0.2, 0.25) is 0 Å². The first-order chi connectivity index (χ1) is 9.11. The van der Waals surface area contributed by atoms with Crippen LogP contribution in [0.3, 0.4) is 0 Å². The minimum absolute atomic E-state index is 0.0831. The molecule has 0 fully saturated rings. The number of para-hydroxylation sites is 1. The van der Waals surface area contributed by atoms with E-state index in [9.17, 15) is 14.1 Å². The van der Waals surface area contributed by atoms with Crippen molar-refractivity contribution < 1.29 is 14.1 Å². The molecule has 98 valence electrons. The van der Waals surface area contributed by atoms with Gasteiger partial charge in [0.15, 0.2) is 5.13 Å². The summed E-state index contributed by atoms with van der Waals surface area (Å²) in [5, 5.41) is 14.0. The second kappa shape index (κ2) is 5.85. The largest absolute Gasteiger partial charge is 0.507 e. The number of rotatable bonds is 4. The average molecular weight is 295 g/mol. The highest BCUT2D eigenvalue weighted by atomic mass is 32.1. The van der Waals surface area contributed by atoms with Crippen molar-refractivity contribution in [2.75, 3.05) is 5.32 Å². The second-order valence-electron chi connectivity index (χ2n) is 3.79. The van der Waals surface area contributed by atoms with E-state index in [4.69, 9.17) is 0 Å². The first kappa shape index (κ1) is 13.6. The Bertz CT molecular complexity index is 613. The summed E-state index contributed by atoms with van der Waals surface area (Å²) < 4.78 is 10.7. The summed E-state index contributed by atoms with van der Waals surface area (Å²) in [5.74, 6) is -0.512. The molecule has 19 heavy (non-hydrogen) atoms. The Kier molecular flexibility index (Phi) is 4.18. The number of hydrogen-bond acceptors (Lipinski definition) is 5. The SMILES string of the molecule is CC([S+]=O)c1csc(NC(=O)c2ccccc2O)n1. The van der Waals surface area contributed by atoms with Crippen LogP contribution in [0.25, 0.3) is 0 Å². The molecule has 0 saturated heterocycles. The summed E-state index contributed by atoms with van der Waals surface area (Å²) in [6, 6.07) is 6.27. The van der Waals surface area contributed by atoms with Gasteiger partial charge in [0.25, 0.3) is 11.2 Å². The topological polar surface area (TPSA) is 79.3 Å². The molecular weight excluding hydrogens is 284 g/mol. The van der Waals surface area contributed by atoms with E-state index in [1.54, 1.807) is 24.4 Å². The fraction of sp³-hybridized carbons (Fsp3) is 0.167. The number of amides is 1. The molecule has 2 rings (SSSR count). The second-order valence-corrected chi connectivity index (χ2v) is 5.54. The minimum atomic E-state index is -0.429. The van der Waals surface area contributed by atoms with Crippen molar-refractivity contribution in [3.63, 3.8) is 0 Å². The van der Waals surface area contributed by atoms with Crippen LogP contribution in [0.4, 0.5) is 5.13 Å². The Morgan fingerprint density at radius 1 is 1.47 bits per heavy atom. The zero-order chi connectivity index (χ0) is 13.8. The molecule has 7 heteroatoms. The summed E-state index contributed by atoms with van der Waals surface area (Å²) in [6.45, 7) is 1.75. The fourth-order valence-electron chi connectivity index (χ4n) is 1.41. The van der Waals surface area contributed by atoms with Crippen LogP contribution in [0.1, 0.15) is 28.2 Å². The molecule has 0 radical (unpaired) electrons. The molecule has 1 amide bonds. The monoisotopic (exact) mass is 295 g/mol. The van der Waals surface area contributed by atoms with Crippen LogP contribution < -0.4 is 5.32 Å². The van der Waals surface area contributed by atoms with Gasteiger partial charge in [-0.3, -0.25) is 10.1 Å². The van der Waals surface area contributed by atoms with Gasteiger partial charge in [-0.2, -0.15) is 0 Å². The maximum Gasteiger partial charge on any atom is 0.468 e. The van der Waals surface area contributed by atoms with Gasteiger partial charge in [0, 0.05) is 16.5 Å². The average Bonchev–Trinajstić information content (AvgIpc) is 2.86. The predicted molar refractivity (Wildman–Crippen MR) is 74.6 cm³/mol. The zero-order valence-electron chi connectivity index (χ0n) is 9.99. The summed E-state index contributed by atoms with van der Waals surface area (Å²) in [6.07, 6.45) is 0. The van der Waals surface area contributed by atoms with E-state index in [1.807, 2.05) is 0 Å². The summed E-state index contributed by atoms with van der Waals surface area (Å²) in [5.41, 5.74) is 0.822. The molecular formula is C12H11N2O3S2+. The number of aromatic hydroxyl groups is 1. The molecule has 0 spiro atoms. The van der Waals surface area contributed by atoms with Gasteiger partial charge in [-0.1, -0.05) is 12.1 Å². The smallest absolute Gasteiger partial charge is 0.468 e. The van der Waals surface area contributed by atoms with Gasteiger partial charge in [-0.05, 0) is 12.1 Å². The molecule has 2 aromatic rings. The quantitative estimate of drug-likeness (QED) is 0.850. The number of hydrogen-bond donors (Lipinski definition) is 2. The summed E-state index contributed by atoms with van der Waals surface area (Å²) in [4.78, 5) is 16.1. The maximum absolute atomic E-state index is 11.9. The van der Waals surface area contributed by atoms with Crippen molar-refractivity contribution in [2.24, 2.45) is 0 Å². The minimum Gasteiger partial charge on any atom is -0.507 e. The third-order valence-electron chi connectivity index (χ3n) is 2.45. The molecule has 0 aliphatic carbocycles. The van der Waals surface area contributed by atoms with Gasteiger partial charge < -0.3 is 5.11 Å². The number of nitrogens with zero attached hydrogens (tertiary/aromatic N) is 1. The Morgan fingerprint density at radius 3 is 2.89 bits per heavy atom. The lowest BCUT2D eigenvalue weighted by atomic mass is 10.2. The number of benzene rings is 1. The highest BCUT2D eigenvalue weighted by molar-refractivity contribution is 7.65. The molecule has 2 N–H and O–H groups in total. The van der Waals surface area contributed by atoms with Crippen molar-refractivity contribution in [1.82, 2.24) is 4.98 Å². The van der Waals surface area contributed by atoms with Crippen molar-refractivity contribution >= 4 is 34.0 Å². The molecule has 0 aliphatic rings. The molecule has 1 aromatic carbocycles. The van der Waals surface area contributed by atoms with Crippen LogP contribution in [0.2, 0.25) is 0 Å². The van der Waals surface area contributed by atoms with Gasteiger partial charge in [-0.25, -0.2) is 4.98 Å². The zero-order valence-corrected chi connectivity index (χ0v) is 11.6. The lowest BCUT2D eigenvalue weighted by molar-refractivity contribution is 0.102. The lowest BCUT2D eigenvalue weighted by Gasteiger charge is -2.03. The van der Waals surface area contributed by atoms with Crippen molar-refractivity contribution in [3.8, 4) is 5.75 Å². The number of phenols is 1. The van der Waals surface area contributed by atoms with E-state index in [2.05, 4.69) is 10.3 Å². The Morgan fingerprint density at radius 2 is 2.21 bits per heavy atom. The van der Waals surface area contributed by atoms with Crippen LogP contribution in [0.15, 0.2) is 29.6 Å². The summed E-state index contributed by atoms with van der Waals surface area (Å²) in [7, 11) is 0. The fourth-order valence-corrected chi connectivity index (χ4v) is 2.51. The van der Waals surface area contributed by atoms with E-state index in [-0.39, 0.29) is 16.6 Å². The van der Waals surface area contributed by atoms with Crippen LogP contribution in [0, 0.1) is 0 Å². The molecule has 1 atom stereocenters. The van der Waals surface area contributed by atoms with Crippen LogP contribution in [0.5, 0.6) is 5.75 Å². The molecule has 0 aliphatic heterocycles. The van der Waals surface area contributed by atoms with E-state index >= 15 is 0 Å². The van der Waals surface area contributed by atoms with Crippen molar-refractivity contribution in [2.45, 2.75) is 12.2 Å². The van der Waals surface area contributed by atoms with E-state index in [0.29, 0.717) is 22.5 Å². The van der Waals surface area contributed by atoms with Gasteiger partial charge in [-0.15, -0.1) is 11.3 Å². The normalized spacial score (nSPS) is 11.8. The molecule has 0 bridgehead atoms. The number of phenolic OH excluding ortho intramolecular Hbond substituents is 1. The summed E-state index contributed by atoms with van der Waals surface area (Å²) >= 11 is 1.70. The van der Waals surface area contributed by atoms with E-state index < -0.39 is 5.91 Å². The first-order valence-electron chi connectivity index (χ1n) is 5.45. The van der Waals surface area contributed by atoms with Crippen LogP contribution in [-0.4, -0.2) is 16.0 Å². The van der Waals surface area contributed by atoms with E-state index in [0.717, 1.165) is 0 Å². The third kappa shape index (κ3) is 3.12. The number of aromatic nitrogens is 1. The Labute approximate surface area is 117 Å². The molecule has 1 heterocycles. The van der Waals surface area contributed by atoms with E-state index in [1.165, 1.54) is 23.5 Å².